The number of hydrogen-bond donors (Lipinski definition) is 3. The molecule has 534 valence electrons. The number of aliphatic hydroxyl groups is 1. The van der Waals surface area contributed by atoms with E-state index in [4.69, 9.17) is 37.0 Å². The predicted molar refractivity (Wildman–Crippen MR) is 363 cm³/mol. The Labute approximate surface area is 549 Å². The molecule has 0 aliphatic carbocycles. The maximum atomic E-state index is 13.0. The number of rotatable bonds is 70. The van der Waals surface area contributed by atoms with Crippen molar-refractivity contribution in [1.29, 1.82) is 0 Å². The molecule has 0 aliphatic heterocycles. The molecule has 0 amide bonds. The van der Waals surface area contributed by atoms with E-state index < -0.39 is 97.5 Å². The van der Waals surface area contributed by atoms with Crippen molar-refractivity contribution in [3.8, 4) is 0 Å². The van der Waals surface area contributed by atoms with E-state index in [0.29, 0.717) is 25.7 Å². The summed E-state index contributed by atoms with van der Waals surface area (Å²) in [6, 6.07) is 0. The van der Waals surface area contributed by atoms with Gasteiger partial charge in [-0.15, -0.1) is 0 Å². The van der Waals surface area contributed by atoms with Crippen LogP contribution >= 0.6 is 15.6 Å². The molecule has 0 aromatic heterocycles. The first kappa shape index (κ1) is 88.1. The Morgan fingerprint density at radius 3 is 0.756 bits per heavy atom. The van der Waals surface area contributed by atoms with Gasteiger partial charge in [-0.3, -0.25) is 37.3 Å². The molecule has 2 unspecified atom stereocenters. The average molecular weight is 1330 g/mol. The number of aliphatic hydroxyl groups excluding tert-OH is 1. The van der Waals surface area contributed by atoms with Gasteiger partial charge in [0.1, 0.15) is 19.3 Å². The fourth-order valence-electron chi connectivity index (χ4n) is 10.8. The number of ether oxygens (including phenoxy) is 4. The van der Waals surface area contributed by atoms with Crippen molar-refractivity contribution in [2.24, 2.45) is 11.8 Å². The zero-order chi connectivity index (χ0) is 66.5. The Morgan fingerprint density at radius 2 is 0.511 bits per heavy atom. The third-order valence-corrected chi connectivity index (χ3v) is 18.4. The van der Waals surface area contributed by atoms with Crippen LogP contribution in [0.3, 0.4) is 0 Å². The highest BCUT2D eigenvalue weighted by atomic mass is 31.2. The molecular formula is C71H138O17P2. The van der Waals surface area contributed by atoms with E-state index in [1.807, 2.05) is 0 Å². The number of unbranched alkanes of at least 4 members (excludes halogenated alkanes) is 40. The standard InChI is InChI=1S/C71H138O17P2/c1-7-9-11-13-15-17-18-19-20-21-22-23-31-37-43-49-55-70(75)87-67(60-82-69(74)54-48-42-36-30-25-24-28-33-39-45-51-63(3)4)62-86-90(79,80)84-58-65(72)57-83-89(77,78)85-61-66(59-81-68(73)53-47-41-35-27-16-14-12-10-8-2)88-71(76)56-50-44-38-32-26-29-34-40-46-52-64(5)6/h63-67,72H,7-62H2,1-6H3,(H,77,78)(H,79,80)/t65-,66+,67+/m0/s1. The summed E-state index contributed by atoms with van der Waals surface area (Å²) < 4.78 is 68.3. The topological polar surface area (TPSA) is 237 Å². The van der Waals surface area contributed by atoms with Gasteiger partial charge in [0.05, 0.1) is 26.4 Å². The van der Waals surface area contributed by atoms with Gasteiger partial charge in [-0.05, 0) is 37.5 Å². The Hall–Kier alpha value is -1.94. The maximum absolute atomic E-state index is 13.0. The van der Waals surface area contributed by atoms with Gasteiger partial charge in [-0.2, -0.15) is 0 Å². The number of carbonyl (C=O) groups is 4. The van der Waals surface area contributed by atoms with Crippen molar-refractivity contribution >= 4 is 39.5 Å². The summed E-state index contributed by atoms with van der Waals surface area (Å²) in [7, 11) is -9.90. The maximum Gasteiger partial charge on any atom is 0.472 e. The van der Waals surface area contributed by atoms with Crippen LogP contribution in [0.2, 0.25) is 0 Å². The molecule has 0 saturated carbocycles. The van der Waals surface area contributed by atoms with Gasteiger partial charge in [0.2, 0.25) is 0 Å². The second-order valence-corrected chi connectivity index (χ2v) is 29.5. The molecule has 0 aliphatic rings. The highest BCUT2D eigenvalue weighted by Crippen LogP contribution is 2.45. The van der Waals surface area contributed by atoms with Gasteiger partial charge < -0.3 is 33.8 Å². The van der Waals surface area contributed by atoms with Crippen LogP contribution in [0.5, 0.6) is 0 Å². The lowest BCUT2D eigenvalue weighted by Gasteiger charge is -2.21. The van der Waals surface area contributed by atoms with E-state index in [-0.39, 0.29) is 25.7 Å². The van der Waals surface area contributed by atoms with Crippen LogP contribution in [0.1, 0.15) is 363 Å². The van der Waals surface area contributed by atoms with Crippen molar-refractivity contribution in [3.05, 3.63) is 0 Å². The smallest absolute Gasteiger partial charge is 0.462 e. The summed E-state index contributed by atoms with van der Waals surface area (Å²) >= 11 is 0. The first-order valence-corrected chi connectivity index (χ1v) is 40.0. The Balaban J connectivity index is 5.24. The first-order valence-electron chi connectivity index (χ1n) is 37.0. The summed E-state index contributed by atoms with van der Waals surface area (Å²) in [5, 5.41) is 10.6. The van der Waals surface area contributed by atoms with Crippen LogP contribution in [0.25, 0.3) is 0 Å². The van der Waals surface area contributed by atoms with E-state index in [0.717, 1.165) is 102 Å². The fourth-order valence-corrected chi connectivity index (χ4v) is 12.3. The molecule has 0 saturated heterocycles. The molecule has 19 heteroatoms. The quantitative estimate of drug-likeness (QED) is 0.0222. The Kier molecular flexibility index (Phi) is 61.8. The van der Waals surface area contributed by atoms with E-state index in [1.54, 1.807) is 0 Å². The van der Waals surface area contributed by atoms with Gasteiger partial charge in [0.25, 0.3) is 0 Å². The molecule has 3 N–H and O–H groups in total. The summed E-state index contributed by atoms with van der Waals surface area (Å²) in [5.74, 6) is -0.628. The van der Waals surface area contributed by atoms with E-state index >= 15 is 0 Å². The highest BCUT2D eigenvalue weighted by molar-refractivity contribution is 7.47. The summed E-state index contributed by atoms with van der Waals surface area (Å²) in [6.45, 7) is 9.52. The SMILES string of the molecule is CCCCCCCCCCCCCCCCCCC(=O)O[C@H](COC(=O)CCCCCCCCCCCCC(C)C)COP(=O)(O)OC[C@@H](O)COP(=O)(O)OC[C@@H](COC(=O)CCCCCCCCCCC)OC(=O)CCCCCCCCCCCC(C)C. The van der Waals surface area contributed by atoms with Gasteiger partial charge in [0, 0.05) is 25.7 Å². The number of hydrogen-bond acceptors (Lipinski definition) is 15. The number of phosphoric acid groups is 2. The minimum Gasteiger partial charge on any atom is -0.462 e. The normalized spacial score (nSPS) is 14.1. The van der Waals surface area contributed by atoms with Crippen LogP contribution in [-0.2, 0) is 65.4 Å². The second kappa shape index (κ2) is 63.1. The first-order chi connectivity index (χ1) is 43.4. The largest absolute Gasteiger partial charge is 0.472 e. The molecule has 0 bridgehead atoms. The van der Waals surface area contributed by atoms with Gasteiger partial charge in [-0.25, -0.2) is 9.13 Å². The minimum absolute atomic E-state index is 0.105. The average Bonchev–Trinajstić information content (AvgIpc) is 3.60. The van der Waals surface area contributed by atoms with Crippen molar-refractivity contribution in [2.75, 3.05) is 39.6 Å². The molecule has 0 fully saturated rings. The third-order valence-electron chi connectivity index (χ3n) is 16.5. The molecule has 0 spiro atoms. The zero-order valence-corrected chi connectivity index (χ0v) is 60.2. The molecule has 90 heavy (non-hydrogen) atoms. The number of phosphoric ester groups is 2. The molecule has 0 rings (SSSR count). The molecule has 0 aromatic rings. The lowest BCUT2D eigenvalue weighted by molar-refractivity contribution is -0.161. The molecule has 0 aromatic carbocycles. The fraction of sp³-hybridized carbons (Fsp3) is 0.944. The van der Waals surface area contributed by atoms with E-state index in [1.165, 1.54) is 180 Å². The van der Waals surface area contributed by atoms with Crippen molar-refractivity contribution in [2.45, 2.75) is 381 Å². The van der Waals surface area contributed by atoms with Crippen LogP contribution in [0, 0.1) is 11.8 Å². The molecule has 17 nitrogen and oxygen atoms in total. The lowest BCUT2D eigenvalue weighted by Crippen LogP contribution is -2.30. The summed E-state index contributed by atoms with van der Waals surface area (Å²) in [6.07, 6.45) is 48.5. The predicted octanol–water partition coefficient (Wildman–Crippen LogP) is 20.4. The monoisotopic (exact) mass is 1320 g/mol. The molecular weight excluding hydrogens is 1190 g/mol. The van der Waals surface area contributed by atoms with Gasteiger partial charge in [0.15, 0.2) is 12.2 Å². The molecule has 0 radical (unpaired) electrons. The Bertz CT molecular complexity index is 1750. The van der Waals surface area contributed by atoms with Gasteiger partial charge in [-0.1, -0.05) is 311 Å². The van der Waals surface area contributed by atoms with Crippen molar-refractivity contribution in [1.82, 2.24) is 0 Å². The molecule has 0 heterocycles. The van der Waals surface area contributed by atoms with Crippen LogP contribution in [0.4, 0.5) is 0 Å². The zero-order valence-electron chi connectivity index (χ0n) is 58.4. The second-order valence-electron chi connectivity index (χ2n) is 26.6. The molecule has 5 atom stereocenters. The number of esters is 4. The lowest BCUT2D eigenvalue weighted by atomic mass is 10.0. The summed E-state index contributed by atoms with van der Waals surface area (Å²) in [5.41, 5.74) is 0. The highest BCUT2D eigenvalue weighted by Gasteiger charge is 2.30. The van der Waals surface area contributed by atoms with Crippen LogP contribution in [-0.4, -0.2) is 96.7 Å². The van der Waals surface area contributed by atoms with E-state index in [9.17, 15) is 43.2 Å². The third kappa shape index (κ3) is 64.8. The Morgan fingerprint density at radius 1 is 0.300 bits per heavy atom. The van der Waals surface area contributed by atoms with Crippen molar-refractivity contribution < 1.29 is 80.2 Å². The number of carbonyl (C=O) groups excluding carboxylic acids is 4. The van der Waals surface area contributed by atoms with Crippen molar-refractivity contribution in [3.63, 3.8) is 0 Å². The van der Waals surface area contributed by atoms with Crippen LogP contribution in [0.15, 0.2) is 0 Å². The van der Waals surface area contributed by atoms with Gasteiger partial charge >= 0.3 is 39.5 Å². The minimum atomic E-state index is -4.95. The van der Waals surface area contributed by atoms with E-state index in [2.05, 4.69) is 41.5 Å². The summed E-state index contributed by atoms with van der Waals surface area (Å²) in [4.78, 5) is 72.5. The van der Waals surface area contributed by atoms with Crippen LogP contribution < -0.4 is 0 Å².